The number of nitrogens with zero attached hydrogens (tertiary/aromatic N) is 2. The minimum atomic E-state index is -0.464. The summed E-state index contributed by atoms with van der Waals surface area (Å²) in [4.78, 5) is 27.6. The molecule has 0 aliphatic rings. The van der Waals surface area contributed by atoms with E-state index in [4.69, 9.17) is 9.26 Å². The van der Waals surface area contributed by atoms with Crippen LogP contribution in [0, 0.1) is 0 Å². The fraction of sp³-hybridized carbons (Fsp3) is 0.200. The molecular weight excluding hydrogens is 360 g/mol. The van der Waals surface area contributed by atoms with Crippen molar-refractivity contribution in [2.75, 3.05) is 5.32 Å². The summed E-state index contributed by atoms with van der Waals surface area (Å²) in [7, 11) is 0. The number of amides is 2. The van der Waals surface area contributed by atoms with Crippen LogP contribution in [0.3, 0.4) is 0 Å². The molecule has 3 aromatic rings. The van der Waals surface area contributed by atoms with Crippen LogP contribution in [-0.2, 0) is 11.4 Å². The Hall–Kier alpha value is -3.68. The molecule has 2 aromatic carbocycles. The molecule has 0 spiro atoms. The van der Waals surface area contributed by atoms with Crippen LogP contribution in [0.1, 0.15) is 42.0 Å². The number of aromatic nitrogens is 2. The van der Waals surface area contributed by atoms with Gasteiger partial charge in [0, 0.05) is 6.92 Å². The number of carbonyl (C=O) groups excluding carboxylic acids is 2. The van der Waals surface area contributed by atoms with Crippen LogP contribution in [0.4, 0.5) is 5.69 Å². The molecule has 1 atom stereocenters. The molecule has 0 saturated heterocycles. The van der Waals surface area contributed by atoms with Crippen molar-refractivity contribution in [3.05, 3.63) is 71.9 Å². The summed E-state index contributed by atoms with van der Waals surface area (Å²) in [6.07, 6.45) is 0. The molecule has 2 amide bonds. The van der Waals surface area contributed by atoms with Gasteiger partial charge in [-0.3, -0.25) is 9.59 Å². The third kappa shape index (κ3) is 4.94. The number of rotatable bonds is 7. The Labute approximate surface area is 161 Å². The van der Waals surface area contributed by atoms with Crippen molar-refractivity contribution >= 4 is 17.5 Å². The van der Waals surface area contributed by atoms with Crippen LogP contribution in [0.2, 0.25) is 0 Å². The lowest BCUT2D eigenvalue weighted by molar-refractivity contribution is -0.114. The van der Waals surface area contributed by atoms with E-state index in [-0.39, 0.29) is 30.3 Å². The van der Waals surface area contributed by atoms with Gasteiger partial charge in [-0.2, -0.15) is 4.98 Å². The first-order valence-electron chi connectivity index (χ1n) is 8.70. The van der Waals surface area contributed by atoms with Crippen LogP contribution in [0.25, 0.3) is 0 Å². The van der Waals surface area contributed by atoms with Gasteiger partial charge in [0.15, 0.2) is 6.61 Å². The fourth-order valence-corrected chi connectivity index (χ4v) is 2.52. The lowest BCUT2D eigenvalue weighted by atomic mass is 10.1. The van der Waals surface area contributed by atoms with E-state index in [0.29, 0.717) is 11.4 Å². The standard InChI is InChI=1S/C20H20N4O4/c1-13(15-8-4-3-5-9-15)21-19(26)20-23-18(24-28-20)12-27-17-11-7-6-10-16(17)22-14(2)25/h3-11,13H,12H2,1-2H3,(H,21,26)(H,22,25)/t13-/m0/s1. The number of benzene rings is 2. The molecule has 0 fully saturated rings. The first kappa shape index (κ1) is 19.1. The van der Waals surface area contributed by atoms with Gasteiger partial charge in [0.2, 0.25) is 11.7 Å². The highest BCUT2D eigenvalue weighted by molar-refractivity contribution is 5.90. The van der Waals surface area contributed by atoms with Gasteiger partial charge in [-0.25, -0.2) is 0 Å². The summed E-state index contributed by atoms with van der Waals surface area (Å²) in [6, 6.07) is 16.3. The average molecular weight is 380 g/mol. The van der Waals surface area contributed by atoms with Crippen LogP contribution in [-0.4, -0.2) is 22.0 Å². The maximum absolute atomic E-state index is 12.3. The van der Waals surface area contributed by atoms with Crippen molar-refractivity contribution in [3.63, 3.8) is 0 Å². The van der Waals surface area contributed by atoms with Gasteiger partial charge in [-0.05, 0) is 24.6 Å². The minimum absolute atomic E-state index is 0.0123. The molecule has 0 aliphatic heterocycles. The van der Waals surface area contributed by atoms with E-state index in [1.54, 1.807) is 24.3 Å². The Morgan fingerprint density at radius 3 is 2.57 bits per heavy atom. The molecule has 0 radical (unpaired) electrons. The van der Waals surface area contributed by atoms with Gasteiger partial charge in [0.1, 0.15) is 5.75 Å². The molecule has 3 rings (SSSR count). The van der Waals surface area contributed by atoms with Crippen molar-refractivity contribution in [2.45, 2.75) is 26.5 Å². The van der Waals surface area contributed by atoms with E-state index in [1.807, 2.05) is 37.3 Å². The van der Waals surface area contributed by atoms with Gasteiger partial charge in [0.25, 0.3) is 0 Å². The van der Waals surface area contributed by atoms with Gasteiger partial charge in [0.05, 0.1) is 11.7 Å². The Morgan fingerprint density at radius 2 is 1.82 bits per heavy atom. The molecule has 1 aromatic heterocycles. The number of hydrogen-bond acceptors (Lipinski definition) is 6. The maximum atomic E-state index is 12.3. The largest absolute Gasteiger partial charge is 0.483 e. The van der Waals surface area contributed by atoms with Crippen LogP contribution < -0.4 is 15.4 Å². The second kappa shape index (κ2) is 8.81. The lowest BCUT2D eigenvalue weighted by Gasteiger charge is -2.12. The Morgan fingerprint density at radius 1 is 1.11 bits per heavy atom. The summed E-state index contributed by atoms with van der Waals surface area (Å²) in [5.74, 6) is -0.131. The molecule has 8 nitrogen and oxygen atoms in total. The minimum Gasteiger partial charge on any atom is -0.483 e. The van der Waals surface area contributed by atoms with E-state index in [1.165, 1.54) is 6.92 Å². The number of para-hydroxylation sites is 2. The summed E-state index contributed by atoms with van der Waals surface area (Å²) < 4.78 is 10.7. The monoisotopic (exact) mass is 380 g/mol. The zero-order valence-electron chi connectivity index (χ0n) is 15.5. The SMILES string of the molecule is CC(=O)Nc1ccccc1OCc1noc(C(=O)N[C@@H](C)c2ccccc2)n1. The number of anilines is 1. The Bertz CT molecular complexity index is 956. The van der Waals surface area contributed by atoms with E-state index < -0.39 is 5.91 Å². The third-order valence-electron chi connectivity index (χ3n) is 3.86. The molecule has 144 valence electrons. The summed E-state index contributed by atoms with van der Waals surface area (Å²) in [5, 5.41) is 9.25. The van der Waals surface area contributed by atoms with Crippen molar-refractivity contribution in [1.82, 2.24) is 15.5 Å². The molecule has 1 heterocycles. The van der Waals surface area contributed by atoms with Crippen LogP contribution >= 0.6 is 0 Å². The van der Waals surface area contributed by atoms with E-state index in [9.17, 15) is 9.59 Å². The molecule has 0 unspecified atom stereocenters. The predicted octanol–water partition coefficient (Wildman–Crippen LogP) is 3.10. The summed E-state index contributed by atoms with van der Waals surface area (Å²) in [6.45, 7) is 3.27. The van der Waals surface area contributed by atoms with Crippen LogP contribution in [0.5, 0.6) is 5.75 Å². The average Bonchev–Trinajstić information content (AvgIpc) is 3.17. The van der Waals surface area contributed by atoms with Crippen molar-refractivity contribution in [3.8, 4) is 5.75 Å². The van der Waals surface area contributed by atoms with Crippen molar-refractivity contribution < 1.29 is 18.8 Å². The molecule has 2 N–H and O–H groups in total. The summed E-state index contributed by atoms with van der Waals surface area (Å²) >= 11 is 0. The number of nitrogens with one attached hydrogen (secondary N) is 2. The van der Waals surface area contributed by atoms with Gasteiger partial charge in [-0.15, -0.1) is 0 Å². The molecule has 0 bridgehead atoms. The molecule has 8 heteroatoms. The smallest absolute Gasteiger partial charge is 0.316 e. The Kier molecular flexibility index (Phi) is 6.01. The number of ether oxygens (including phenoxy) is 1. The number of carbonyl (C=O) groups is 2. The predicted molar refractivity (Wildman–Crippen MR) is 102 cm³/mol. The first-order chi connectivity index (χ1) is 13.5. The van der Waals surface area contributed by atoms with E-state index >= 15 is 0 Å². The highest BCUT2D eigenvalue weighted by atomic mass is 16.5. The number of hydrogen-bond donors (Lipinski definition) is 2. The quantitative estimate of drug-likeness (QED) is 0.652. The summed E-state index contributed by atoms with van der Waals surface area (Å²) in [5.41, 5.74) is 1.50. The highest BCUT2D eigenvalue weighted by Crippen LogP contribution is 2.24. The first-order valence-corrected chi connectivity index (χ1v) is 8.70. The molecule has 28 heavy (non-hydrogen) atoms. The second-order valence-corrected chi connectivity index (χ2v) is 6.09. The topological polar surface area (TPSA) is 106 Å². The zero-order chi connectivity index (χ0) is 19.9. The maximum Gasteiger partial charge on any atom is 0.316 e. The second-order valence-electron chi connectivity index (χ2n) is 6.09. The zero-order valence-corrected chi connectivity index (χ0v) is 15.5. The van der Waals surface area contributed by atoms with Crippen LogP contribution in [0.15, 0.2) is 59.1 Å². The Balaban J connectivity index is 1.60. The molecule has 0 aliphatic carbocycles. The lowest BCUT2D eigenvalue weighted by Crippen LogP contribution is -2.26. The molecular formula is C20H20N4O4. The van der Waals surface area contributed by atoms with Crippen molar-refractivity contribution in [2.24, 2.45) is 0 Å². The van der Waals surface area contributed by atoms with E-state index in [2.05, 4.69) is 20.8 Å². The van der Waals surface area contributed by atoms with E-state index in [0.717, 1.165) is 5.56 Å². The highest BCUT2D eigenvalue weighted by Gasteiger charge is 2.18. The van der Waals surface area contributed by atoms with Gasteiger partial charge < -0.3 is 19.9 Å². The normalized spacial score (nSPS) is 11.5. The van der Waals surface area contributed by atoms with Gasteiger partial charge in [-0.1, -0.05) is 47.6 Å². The third-order valence-corrected chi connectivity index (χ3v) is 3.86. The van der Waals surface area contributed by atoms with Gasteiger partial charge >= 0.3 is 11.8 Å². The fourth-order valence-electron chi connectivity index (χ4n) is 2.52. The van der Waals surface area contributed by atoms with Crippen molar-refractivity contribution in [1.29, 1.82) is 0 Å². The molecule has 0 saturated carbocycles.